The number of carbonyl (C=O) groups excluding carboxylic acids is 2. The summed E-state index contributed by atoms with van der Waals surface area (Å²) < 4.78 is 31.4. The summed E-state index contributed by atoms with van der Waals surface area (Å²) >= 11 is 0. The van der Waals surface area contributed by atoms with Crippen LogP contribution in [0.2, 0.25) is 0 Å². The van der Waals surface area contributed by atoms with Crippen LogP contribution in [0.1, 0.15) is 49.7 Å². The molecule has 4 atom stereocenters. The van der Waals surface area contributed by atoms with Crippen molar-refractivity contribution >= 4 is 28.8 Å². The number of hydrogen-bond acceptors (Lipinski definition) is 8. The van der Waals surface area contributed by atoms with Gasteiger partial charge in [-0.2, -0.15) is 4.98 Å². The fourth-order valence-electron chi connectivity index (χ4n) is 7.47. The highest BCUT2D eigenvalue weighted by Crippen LogP contribution is 2.45. The third-order valence-corrected chi connectivity index (χ3v) is 10.7. The molecular formula is C41H44FN5O7. The molecule has 2 N–H and O–H groups in total. The minimum atomic E-state index is -1.44. The molecule has 0 spiro atoms. The number of carboxylic acids is 1. The highest BCUT2D eigenvalue weighted by Gasteiger charge is 2.61. The van der Waals surface area contributed by atoms with E-state index in [9.17, 15) is 23.9 Å². The summed E-state index contributed by atoms with van der Waals surface area (Å²) in [5.74, 6) is -0.545. The SMILES string of the molecule is COc1ccc(CN2CCCCC/C=C/C3CC3(C(=O)O)NC(=O)C3CC(Oc4nc(-c5ccc(F)cc5)nc5c(C)c(OC)ccc45)CN3C2=O)cc1. The first-order valence-electron chi connectivity index (χ1n) is 18.3. The van der Waals surface area contributed by atoms with Crippen LogP contribution >= 0.6 is 0 Å². The summed E-state index contributed by atoms with van der Waals surface area (Å²) in [4.78, 5) is 54.2. The van der Waals surface area contributed by atoms with Crippen molar-refractivity contribution in [3.63, 3.8) is 0 Å². The van der Waals surface area contributed by atoms with Crippen LogP contribution in [0, 0.1) is 18.7 Å². The Kier molecular flexibility index (Phi) is 10.4. The zero-order valence-electron chi connectivity index (χ0n) is 30.6. The monoisotopic (exact) mass is 737 g/mol. The van der Waals surface area contributed by atoms with Gasteiger partial charge in [-0.25, -0.2) is 19.0 Å². The van der Waals surface area contributed by atoms with Crippen LogP contribution in [-0.4, -0.2) is 87.8 Å². The summed E-state index contributed by atoms with van der Waals surface area (Å²) in [6.07, 6.45) is 6.87. The third-order valence-electron chi connectivity index (χ3n) is 10.7. The van der Waals surface area contributed by atoms with E-state index in [0.717, 1.165) is 36.8 Å². The van der Waals surface area contributed by atoms with Gasteiger partial charge in [0.15, 0.2) is 5.82 Å². The van der Waals surface area contributed by atoms with E-state index in [1.54, 1.807) is 43.4 Å². The molecule has 3 heterocycles. The van der Waals surface area contributed by atoms with Crippen molar-refractivity contribution in [3.05, 3.63) is 89.8 Å². The maximum Gasteiger partial charge on any atom is 0.330 e. The highest BCUT2D eigenvalue weighted by atomic mass is 19.1. The smallest absolute Gasteiger partial charge is 0.330 e. The number of nitrogens with one attached hydrogen (secondary N) is 1. The van der Waals surface area contributed by atoms with E-state index in [1.807, 2.05) is 43.3 Å². The molecule has 4 aromatic rings. The molecule has 7 rings (SSSR count). The number of fused-ring (bicyclic) bond motifs is 3. The first kappa shape index (κ1) is 36.6. The minimum absolute atomic E-state index is 0.0476. The lowest BCUT2D eigenvalue weighted by molar-refractivity contribution is -0.144. The van der Waals surface area contributed by atoms with Crippen molar-refractivity contribution in [2.75, 3.05) is 27.3 Å². The van der Waals surface area contributed by atoms with Crippen LogP contribution in [0.5, 0.6) is 17.4 Å². The van der Waals surface area contributed by atoms with Crippen LogP contribution in [0.4, 0.5) is 9.18 Å². The zero-order chi connectivity index (χ0) is 38.0. The molecule has 3 aromatic carbocycles. The van der Waals surface area contributed by atoms with Gasteiger partial charge in [-0.3, -0.25) is 4.79 Å². The number of amides is 3. The first-order valence-corrected chi connectivity index (χ1v) is 18.3. The van der Waals surface area contributed by atoms with Crippen LogP contribution in [0.25, 0.3) is 22.3 Å². The van der Waals surface area contributed by atoms with Gasteiger partial charge in [-0.05, 0) is 86.7 Å². The van der Waals surface area contributed by atoms with Crippen molar-refractivity contribution in [2.24, 2.45) is 5.92 Å². The van der Waals surface area contributed by atoms with E-state index < -0.39 is 35.4 Å². The number of halogens is 1. The standard InChI is InChI=1S/C41H44FN5O7/c1-25-34(53-3)19-18-32-35(25)43-36(27-12-14-29(42)15-13-27)44-38(32)54-31-21-33-37(48)45-41(39(49)50)22-28(41)9-7-5-4-6-8-20-46(40(51)47(33)24-31)23-26-10-16-30(52-2)17-11-26/h7,9-19,28,31,33H,4-6,8,20-24H2,1-3H3,(H,45,48)(H,49,50)/b9-7+. The molecule has 2 fully saturated rings. The number of methoxy groups -OCH3 is 2. The molecular weight excluding hydrogens is 693 g/mol. The Labute approximate surface area is 312 Å². The Morgan fingerprint density at radius 3 is 2.50 bits per heavy atom. The van der Waals surface area contributed by atoms with Crippen LogP contribution in [0.3, 0.4) is 0 Å². The van der Waals surface area contributed by atoms with Gasteiger partial charge in [0.05, 0.1) is 31.7 Å². The Balaban J connectivity index is 1.24. The normalized spacial score (nSPS) is 23.7. The number of carboxylic acid groups (broad SMARTS) is 1. The maximum absolute atomic E-state index is 14.6. The number of allylic oxidation sites excluding steroid dienone is 1. The second kappa shape index (κ2) is 15.3. The minimum Gasteiger partial charge on any atom is -0.497 e. The molecule has 282 valence electrons. The number of hydrogen-bond donors (Lipinski definition) is 2. The van der Waals surface area contributed by atoms with E-state index in [-0.39, 0.29) is 37.2 Å². The van der Waals surface area contributed by atoms with Crippen LogP contribution < -0.4 is 19.5 Å². The quantitative estimate of drug-likeness (QED) is 0.199. The number of ether oxygens (including phenoxy) is 3. The molecule has 0 bridgehead atoms. The van der Waals surface area contributed by atoms with Gasteiger partial charge in [0, 0.05) is 36.6 Å². The molecule has 2 aliphatic heterocycles. The van der Waals surface area contributed by atoms with Crippen molar-refractivity contribution < 1.29 is 38.1 Å². The van der Waals surface area contributed by atoms with Crippen molar-refractivity contribution in [1.29, 1.82) is 0 Å². The fourth-order valence-corrected chi connectivity index (χ4v) is 7.47. The van der Waals surface area contributed by atoms with Gasteiger partial charge in [-0.1, -0.05) is 30.7 Å². The summed E-state index contributed by atoms with van der Waals surface area (Å²) in [6, 6.07) is 15.6. The summed E-state index contributed by atoms with van der Waals surface area (Å²) in [6.45, 7) is 2.69. The highest BCUT2D eigenvalue weighted by molar-refractivity contribution is 5.95. The fraction of sp³-hybridized carbons (Fsp3) is 0.390. The van der Waals surface area contributed by atoms with Crippen molar-refractivity contribution in [2.45, 2.75) is 69.7 Å². The molecule has 12 nitrogen and oxygen atoms in total. The number of aromatic nitrogens is 2. The van der Waals surface area contributed by atoms with Gasteiger partial charge >= 0.3 is 12.0 Å². The van der Waals surface area contributed by atoms with Crippen molar-refractivity contribution in [3.8, 4) is 28.8 Å². The number of rotatable bonds is 8. The van der Waals surface area contributed by atoms with Crippen LogP contribution in [0.15, 0.2) is 72.8 Å². The lowest BCUT2D eigenvalue weighted by atomic mass is 10.1. The number of aryl methyl sites for hydroxylation is 1. The van der Waals surface area contributed by atoms with Gasteiger partial charge in [-0.15, -0.1) is 0 Å². The Hall–Kier alpha value is -5.72. The first-order chi connectivity index (χ1) is 26.1. The molecule has 4 unspecified atom stereocenters. The van der Waals surface area contributed by atoms with Crippen LogP contribution in [-0.2, 0) is 16.1 Å². The summed E-state index contributed by atoms with van der Waals surface area (Å²) in [7, 11) is 3.17. The molecule has 1 aromatic heterocycles. The second-order valence-electron chi connectivity index (χ2n) is 14.2. The molecule has 13 heteroatoms. The summed E-state index contributed by atoms with van der Waals surface area (Å²) in [5, 5.41) is 13.7. The van der Waals surface area contributed by atoms with E-state index in [1.165, 1.54) is 17.0 Å². The molecule has 1 saturated heterocycles. The predicted molar refractivity (Wildman–Crippen MR) is 199 cm³/mol. The number of aliphatic carboxylic acids is 1. The number of carbonyl (C=O) groups is 3. The second-order valence-corrected chi connectivity index (χ2v) is 14.2. The van der Waals surface area contributed by atoms with E-state index in [2.05, 4.69) is 5.32 Å². The molecule has 3 amide bonds. The largest absolute Gasteiger partial charge is 0.497 e. The van der Waals surface area contributed by atoms with E-state index in [0.29, 0.717) is 46.9 Å². The number of urea groups is 1. The van der Waals surface area contributed by atoms with E-state index >= 15 is 0 Å². The topological polar surface area (TPSA) is 143 Å². The Morgan fingerprint density at radius 2 is 1.78 bits per heavy atom. The van der Waals surface area contributed by atoms with Gasteiger partial charge in [0.25, 0.3) is 0 Å². The third kappa shape index (κ3) is 7.39. The van der Waals surface area contributed by atoms with Crippen molar-refractivity contribution in [1.82, 2.24) is 25.1 Å². The Bertz CT molecular complexity index is 2080. The molecule has 0 radical (unpaired) electrons. The number of nitrogens with zero attached hydrogens (tertiary/aromatic N) is 4. The molecule has 3 aliphatic rings. The predicted octanol–water partition coefficient (Wildman–Crippen LogP) is 6.30. The Morgan fingerprint density at radius 1 is 1.00 bits per heavy atom. The zero-order valence-corrected chi connectivity index (χ0v) is 30.6. The lowest BCUT2D eigenvalue weighted by Gasteiger charge is -2.32. The average molecular weight is 738 g/mol. The van der Waals surface area contributed by atoms with Gasteiger partial charge in [0.2, 0.25) is 11.8 Å². The summed E-state index contributed by atoms with van der Waals surface area (Å²) in [5.41, 5.74) is 1.35. The molecule has 54 heavy (non-hydrogen) atoms. The maximum atomic E-state index is 14.6. The molecule has 1 aliphatic carbocycles. The average Bonchev–Trinajstić information content (AvgIpc) is 3.71. The molecule has 1 saturated carbocycles. The lowest BCUT2D eigenvalue weighted by Crippen LogP contribution is -2.55. The number of benzene rings is 3. The van der Waals surface area contributed by atoms with E-state index in [4.69, 9.17) is 24.2 Å². The van der Waals surface area contributed by atoms with Gasteiger partial charge < -0.3 is 34.4 Å². The van der Waals surface area contributed by atoms with Gasteiger partial charge in [0.1, 0.15) is 35.0 Å².